The van der Waals surface area contributed by atoms with Crippen LogP contribution in [0.1, 0.15) is 88.2 Å². The van der Waals surface area contributed by atoms with E-state index in [2.05, 4.69) is 99.0 Å². The fourth-order valence-corrected chi connectivity index (χ4v) is 11.2. The predicted molar refractivity (Wildman–Crippen MR) is 261 cm³/mol. The van der Waals surface area contributed by atoms with Crippen molar-refractivity contribution in [3.8, 4) is 0 Å². The fraction of sp³-hybridized carbons (Fsp3) is 0.820. The van der Waals surface area contributed by atoms with E-state index in [0.29, 0.717) is 30.1 Å². The standard InChI is InChI=1S/C50H90N12O/c63-49(61-31-6-7-32-61)48-18-19-50(48)41-56-27-24-51-20-9-21-57-44-11-4-3-10-42-14-16-43(17-15-42)36-47(38-55-26-23-53-30-35-60-34-8-13-46(60)39-59-50)62-33-5-1-2-12-45(40-62)58-29-28-52-22-25-54-37-44/h1-2,14-17,44-48,51-59H,3-13,18-41H2. The van der Waals surface area contributed by atoms with Crippen LogP contribution in [0, 0.1) is 5.92 Å². The zero-order chi connectivity index (χ0) is 43.2. The summed E-state index contributed by atoms with van der Waals surface area (Å²) in [6.45, 7) is 21.0. The lowest BCUT2D eigenvalue weighted by atomic mass is 9.65. The third-order valence-electron chi connectivity index (χ3n) is 15.3. The lowest BCUT2D eigenvalue weighted by molar-refractivity contribution is -0.142. The highest BCUT2D eigenvalue weighted by atomic mass is 16.2. The van der Waals surface area contributed by atoms with Crippen LogP contribution in [0.25, 0.3) is 0 Å². The second-order valence-corrected chi connectivity index (χ2v) is 19.9. The van der Waals surface area contributed by atoms with Gasteiger partial charge in [-0.05, 0) is 114 Å². The molecule has 0 aromatic heterocycles. The zero-order valence-electron chi connectivity index (χ0n) is 39.3. The van der Waals surface area contributed by atoms with Gasteiger partial charge in [0.25, 0.3) is 0 Å². The number of likely N-dealkylation sites (tertiary alicyclic amines) is 1. The molecule has 2 saturated heterocycles. The molecule has 6 bridgehead atoms. The van der Waals surface area contributed by atoms with Crippen molar-refractivity contribution in [2.24, 2.45) is 5.92 Å². The largest absolute Gasteiger partial charge is 0.342 e. The molecule has 7 aliphatic heterocycles. The number of nitrogens with one attached hydrogen (secondary N) is 9. The summed E-state index contributed by atoms with van der Waals surface area (Å²) in [5, 5.41) is 34.7. The van der Waals surface area contributed by atoms with E-state index in [1.165, 1.54) is 49.8 Å². The van der Waals surface area contributed by atoms with Gasteiger partial charge >= 0.3 is 0 Å². The first-order valence-corrected chi connectivity index (χ1v) is 26.1. The van der Waals surface area contributed by atoms with Gasteiger partial charge in [0.2, 0.25) is 5.91 Å². The third kappa shape index (κ3) is 16.1. The molecule has 3 fully saturated rings. The Kier molecular flexibility index (Phi) is 21.4. The van der Waals surface area contributed by atoms with Gasteiger partial charge in [0, 0.05) is 148 Å². The average Bonchev–Trinajstić information content (AvgIpc) is 3.99. The molecule has 13 heteroatoms. The molecule has 63 heavy (non-hydrogen) atoms. The van der Waals surface area contributed by atoms with Crippen LogP contribution >= 0.6 is 0 Å². The summed E-state index contributed by atoms with van der Waals surface area (Å²) >= 11 is 0. The molecule has 7 heterocycles. The second-order valence-electron chi connectivity index (χ2n) is 19.9. The van der Waals surface area contributed by atoms with Crippen LogP contribution in [0.2, 0.25) is 0 Å². The van der Waals surface area contributed by atoms with Crippen LogP contribution in [-0.2, 0) is 17.6 Å². The Morgan fingerprint density at radius 1 is 0.556 bits per heavy atom. The Bertz CT molecular complexity index is 1440. The summed E-state index contributed by atoms with van der Waals surface area (Å²) < 4.78 is 0. The maximum absolute atomic E-state index is 13.8. The van der Waals surface area contributed by atoms with Crippen molar-refractivity contribution >= 4 is 5.91 Å². The molecule has 1 aromatic carbocycles. The van der Waals surface area contributed by atoms with Crippen LogP contribution in [-0.4, -0.2) is 188 Å². The van der Waals surface area contributed by atoms with E-state index in [1.54, 1.807) is 0 Å². The number of benzene rings is 1. The lowest BCUT2D eigenvalue weighted by Gasteiger charge is -2.51. The summed E-state index contributed by atoms with van der Waals surface area (Å²) in [5.41, 5.74) is 2.78. The molecule has 0 radical (unpaired) electrons. The van der Waals surface area contributed by atoms with Gasteiger partial charge in [0.05, 0.1) is 5.92 Å². The van der Waals surface area contributed by atoms with Crippen LogP contribution in [0.15, 0.2) is 36.4 Å². The normalized spacial score (nSPS) is 33.4. The minimum absolute atomic E-state index is 0.0864. The van der Waals surface area contributed by atoms with Gasteiger partial charge in [0.15, 0.2) is 0 Å². The molecule has 9 N–H and O–H groups in total. The van der Waals surface area contributed by atoms with Crippen molar-refractivity contribution in [3.63, 3.8) is 0 Å². The van der Waals surface area contributed by atoms with Gasteiger partial charge in [0.1, 0.15) is 0 Å². The summed E-state index contributed by atoms with van der Waals surface area (Å²) in [7, 11) is 0. The van der Waals surface area contributed by atoms with E-state index in [1.807, 2.05) is 0 Å². The van der Waals surface area contributed by atoms with Crippen molar-refractivity contribution in [1.29, 1.82) is 0 Å². The maximum atomic E-state index is 13.8. The molecule has 356 valence electrons. The molecule has 7 unspecified atom stereocenters. The Morgan fingerprint density at radius 2 is 1.30 bits per heavy atom. The average molecular weight is 875 g/mol. The predicted octanol–water partition coefficient (Wildman–Crippen LogP) is 1.66. The number of hydrogen-bond donors (Lipinski definition) is 9. The number of fused-ring (bicyclic) bond motifs is 22. The lowest BCUT2D eigenvalue weighted by Crippen LogP contribution is -2.68. The Labute approximate surface area is 382 Å². The smallest absolute Gasteiger partial charge is 0.227 e. The highest BCUT2D eigenvalue weighted by Crippen LogP contribution is 2.40. The van der Waals surface area contributed by atoms with E-state index in [-0.39, 0.29) is 11.5 Å². The number of carbonyl (C=O) groups excluding carboxylic acids is 1. The molecule has 1 saturated carbocycles. The van der Waals surface area contributed by atoms with Crippen molar-refractivity contribution in [1.82, 2.24) is 62.6 Å². The van der Waals surface area contributed by atoms with Crippen molar-refractivity contribution in [2.45, 2.75) is 120 Å². The quantitative estimate of drug-likeness (QED) is 0.150. The van der Waals surface area contributed by atoms with Crippen LogP contribution < -0.4 is 47.9 Å². The highest BCUT2D eigenvalue weighted by Gasteiger charge is 2.51. The summed E-state index contributed by atoms with van der Waals surface area (Å²) in [6, 6.07) is 11.6. The minimum Gasteiger partial charge on any atom is -0.342 e. The first-order valence-electron chi connectivity index (χ1n) is 26.1. The molecular weight excluding hydrogens is 785 g/mol. The van der Waals surface area contributed by atoms with Gasteiger partial charge in [-0.3, -0.25) is 14.6 Å². The molecular formula is C50H90N12O. The first-order chi connectivity index (χ1) is 31.1. The van der Waals surface area contributed by atoms with Crippen LogP contribution in [0.3, 0.4) is 0 Å². The van der Waals surface area contributed by atoms with Gasteiger partial charge in [-0.2, -0.15) is 0 Å². The Hall–Kier alpha value is -2.01. The van der Waals surface area contributed by atoms with Gasteiger partial charge < -0.3 is 52.8 Å². The van der Waals surface area contributed by atoms with Crippen molar-refractivity contribution in [2.75, 3.05) is 137 Å². The number of amides is 1. The zero-order valence-corrected chi connectivity index (χ0v) is 39.3. The van der Waals surface area contributed by atoms with E-state index >= 15 is 0 Å². The van der Waals surface area contributed by atoms with Gasteiger partial charge in [-0.15, -0.1) is 0 Å². The Morgan fingerprint density at radius 3 is 2.14 bits per heavy atom. The topological polar surface area (TPSA) is 135 Å². The van der Waals surface area contributed by atoms with E-state index in [0.717, 1.165) is 189 Å². The summed E-state index contributed by atoms with van der Waals surface area (Å²) in [5.74, 6) is 0.482. The number of rotatable bonds is 1. The molecule has 1 spiro atoms. The molecule has 7 atom stereocenters. The highest BCUT2D eigenvalue weighted by molar-refractivity contribution is 5.81. The van der Waals surface area contributed by atoms with E-state index in [4.69, 9.17) is 0 Å². The monoisotopic (exact) mass is 875 g/mol. The third-order valence-corrected chi connectivity index (χ3v) is 15.3. The van der Waals surface area contributed by atoms with E-state index < -0.39 is 0 Å². The molecule has 8 aliphatic rings. The van der Waals surface area contributed by atoms with E-state index in [9.17, 15) is 4.79 Å². The summed E-state index contributed by atoms with van der Waals surface area (Å²) in [6.07, 6.45) is 20.9. The molecule has 1 aliphatic carbocycles. The molecule has 13 nitrogen and oxygen atoms in total. The van der Waals surface area contributed by atoms with Gasteiger partial charge in [-0.25, -0.2) is 0 Å². The number of nitrogens with zero attached hydrogens (tertiary/aromatic N) is 3. The number of hydrogen-bond acceptors (Lipinski definition) is 12. The SMILES string of the molecule is O=C(C1CCC12CNCCNCCCNC1CCCCc3ccc(cc3)CC(CNCCNCCN3CCCC3CN2)N2CCC=CCC(C2)NCCNCCNC1)N1CCCC1. The van der Waals surface area contributed by atoms with Gasteiger partial charge in [-0.1, -0.05) is 42.8 Å². The molecule has 1 amide bonds. The maximum Gasteiger partial charge on any atom is 0.227 e. The fourth-order valence-electron chi connectivity index (χ4n) is 11.2. The number of aryl methyl sites for hydroxylation is 1. The summed E-state index contributed by atoms with van der Waals surface area (Å²) in [4.78, 5) is 21.5. The minimum atomic E-state index is -0.141. The Balaban J connectivity index is 0.999. The van der Waals surface area contributed by atoms with Crippen LogP contribution in [0.4, 0.5) is 0 Å². The van der Waals surface area contributed by atoms with Crippen LogP contribution in [0.5, 0.6) is 0 Å². The van der Waals surface area contributed by atoms with Crippen molar-refractivity contribution in [3.05, 3.63) is 47.5 Å². The molecule has 9 rings (SSSR count). The number of carbonyl (C=O) groups is 1. The first kappa shape index (κ1) is 48.9. The second kappa shape index (κ2) is 27.6. The van der Waals surface area contributed by atoms with Crippen molar-refractivity contribution < 1.29 is 4.79 Å². The molecule has 1 aromatic rings.